The summed E-state index contributed by atoms with van der Waals surface area (Å²) in [7, 11) is 1.65. The standard InChI is InChI=1S/C19H16ClN3O4S/c1-23-17(24)9-16(18(25)21-12-4-2-11(20)3-5-12)28-19(23)22-13-6-7-14-15(8-13)27-10-26-14/h2-8,16H,9-10H2,1H3,(H,21,25). The number of carbonyl (C=O) groups excluding carboxylic acids is 2. The number of fused-ring (bicyclic) bond motifs is 1. The monoisotopic (exact) mass is 417 g/mol. The number of carbonyl (C=O) groups is 2. The molecule has 4 rings (SSSR count). The molecular weight excluding hydrogens is 402 g/mol. The van der Waals surface area contributed by atoms with Crippen LogP contribution in [0.3, 0.4) is 0 Å². The van der Waals surface area contributed by atoms with Crippen LogP contribution in [0.2, 0.25) is 5.02 Å². The molecule has 0 spiro atoms. The number of nitrogens with one attached hydrogen (secondary N) is 1. The minimum Gasteiger partial charge on any atom is -0.454 e. The fraction of sp³-hybridized carbons (Fsp3) is 0.211. The second-order valence-electron chi connectivity index (χ2n) is 6.19. The first kappa shape index (κ1) is 18.6. The predicted octanol–water partition coefficient (Wildman–Crippen LogP) is 3.66. The molecule has 144 valence electrons. The van der Waals surface area contributed by atoms with Crippen LogP contribution in [0, 0.1) is 0 Å². The zero-order valence-electron chi connectivity index (χ0n) is 14.8. The van der Waals surface area contributed by atoms with Crippen LogP contribution in [0.25, 0.3) is 0 Å². The number of halogens is 1. The van der Waals surface area contributed by atoms with Gasteiger partial charge in [0.25, 0.3) is 0 Å². The molecule has 9 heteroatoms. The molecule has 1 saturated heterocycles. The lowest BCUT2D eigenvalue weighted by atomic mass is 10.2. The molecule has 1 atom stereocenters. The van der Waals surface area contributed by atoms with Gasteiger partial charge in [0, 0.05) is 30.2 Å². The van der Waals surface area contributed by atoms with Crippen molar-refractivity contribution in [2.75, 3.05) is 19.2 Å². The first-order valence-electron chi connectivity index (χ1n) is 8.47. The molecule has 2 aromatic rings. The van der Waals surface area contributed by atoms with E-state index in [-0.39, 0.29) is 25.0 Å². The molecule has 0 aliphatic carbocycles. The van der Waals surface area contributed by atoms with Crippen LogP contribution in [0.4, 0.5) is 11.4 Å². The number of hydrogen-bond donors (Lipinski definition) is 1. The number of amides is 2. The van der Waals surface area contributed by atoms with Gasteiger partial charge in [0.15, 0.2) is 16.7 Å². The van der Waals surface area contributed by atoms with E-state index < -0.39 is 5.25 Å². The smallest absolute Gasteiger partial charge is 0.238 e. The maximum absolute atomic E-state index is 12.6. The fourth-order valence-electron chi connectivity index (χ4n) is 2.72. The number of nitrogens with zero attached hydrogens (tertiary/aromatic N) is 2. The van der Waals surface area contributed by atoms with Crippen molar-refractivity contribution in [2.24, 2.45) is 4.99 Å². The summed E-state index contributed by atoms with van der Waals surface area (Å²) < 4.78 is 10.7. The number of hydrogen-bond acceptors (Lipinski definition) is 6. The maximum Gasteiger partial charge on any atom is 0.238 e. The zero-order valence-corrected chi connectivity index (χ0v) is 16.4. The molecule has 0 bridgehead atoms. The fourth-order valence-corrected chi connectivity index (χ4v) is 3.91. The summed E-state index contributed by atoms with van der Waals surface area (Å²) in [5, 5.41) is 3.27. The third kappa shape index (κ3) is 3.93. The number of anilines is 1. The summed E-state index contributed by atoms with van der Waals surface area (Å²) in [6.07, 6.45) is 0.0980. The Bertz CT molecular complexity index is 964. The van der Waals surface area contributed by atoms with E-state index in [9.17, 15) is 9.59 Å². The Balaban J connectivity index is 1.52. The number of rotatable bonds is 3. The summed E-state index contributed by atoms with van der Waals surface area (Å²) in [4.78, 5) is 31.0. The van der Waals surface area contributed by atoms with Gasteiger partial charge in [0.05, 0.1) is 5.69 Å². The molecule has 7 nitrogen and oxygen atoms in total. The van der Waals surface area contributed by atoms with E-state index in [1.807, 2.05) is 0 Å². The van der Waals surface area contributed by atoms with Gasteiger partial charge in [-0.15, -0.1) is 0 Å². The highest BCUT2D eigenvalue weighted by Gasteiger charge is 2.34. The quantitative estimate of drug-likeness (QED) is 0.824. The number of thioether (sulfide) groups is 1. The van der Waals surface area contributed by atoms with E-state index in [1.165, 1.54) is 16.7 Å². The van der Waals surface area contributed by atoms with Crippen LogP contribution in [0.1, 0.15) is 6.42 Å². The van der Waals surface area contributed by atoms with Gasteiger partial charge in [-0.1, -0.05) is 23.4 Å². The van der Waals surface area contributed by atoms with Crippen LogP contribution < -0.4 is 14.8 Å². The second-order valence-corrected chi connectivity index (χ2v) is 7.80. The summed E-state index contributed by atoms with van der Waals surface area (Å²) >= 11 is 7.11. The van der Waals surface area contributed by atoms with E-state index in [0.717, 1.165) is 0 Å². The molecule has 1 fully saturated rings. The predicted molar refractivity (Wildman–Crippen MR) is 109 cm³/mol. The lowest BCUT2D eigenvalue weighted by Gasteiger charge is -2.28. The van der Waals surface area contributed by atoms with E-state index in [4.69, 9.17) is 21.1 Å². The van der Waals surface area contributed by atoms with Crippen molar-refractivity contribution in [2.45, 2.75) is 11.7 Å². The van der Waals surface area contributed by atoms with Crippen molar-refractivity contribution in [3.63, 3.8) is 0 Å². The Morgan fingerprint density at radius 3 is 2.75 bits per heavy atom. The largest absolute Gasteiger partial charge is 0.454 e. The number of benzene rings is 2. The third-order valence-corrected chi connectivity index (χ3v) is 5.75. The van der Waals surface area contributed by atoms with E-state index in [2.05, 4.69) is 10.3 Å². The Hall–Kier alpha value is -2.71. The Kier molecular flexibility index (Phi) is 5.15. The van der Waals surface area contributed by atoms with Crippen LogP contribution in [0.15, 0.2) is 47.5 Å². The lowest BCUT2D eigenvalue weighted by Crippen LogP contribution is -2.43. The van der Waals surface area contributed by atoms with Crippen LogP contribution >= 0.6 is 23.4 Å². The van der Waals surface area contributed by atoms with Crippen molar-refractivity contribution < 1.29 is 19.1 Å². The van der Waals surface area contributed by atoms with Gasteiger partial charge >= 0.3 is 0 Å². The number of ether oxygens (including phenoxy) is 2. The van der Waals surface area contributed by atoms with Gasteiger partial charge < -0.3 is 14.8 Å². The highest BCUT2D eigenvalue weighted by molar-refractivity contribution is 8.15. The highest BCUT2D eigenvalue weighted by atomic mass is 35.5. The van der Waals surface area contributed by atoms with E-state index in [0.29, 0.717) is 33.1 Å². The molecule has 2 amide bonds. The lowest BCUT2D eigenvalue weighted by molar-refractivity contribution is -0.128. The Labute approximate surface area is 170 Å². The van der Waals surface area contributed by atoms with Gasteiger partial charge in [0.1, 0.15) is 5.25 Å². The normalized spacial score (nSPS) is 19.8. The minimum absolute atomic E-state index is 0.0980. The number of amidine groups is 1. The minimum atomic E-state index is -0.577. The molecule has 0 aromatic heterocycles. The van der Waals surface area contributed by atoms with Crippen LogP contribution in [0.5, 0.6) is 11.5 Å². The molecule has 1 N–H and O–H groups in total. The van der Waals surface area contributed by atoms with Crippen molar-refractivity contribution >= 4 is 51.7 Å². The molecule has 1 unspecified atom stereocenters. The summed E-state index contributed by atoms with van der Waals surface area (Å²) in [6, 6.07) is 12.1. The first-order valence-corrected chi connectivity index (χ1v) is 9.73. The van der Waals surface area contributed by atoms with Crippen molar-refractivity contribution in [1.29, 1.82) is 0 Å². The topological polar surface area (TPSA) is 80.2 Å². The maximum atomic E-state index is 12.6. The molecule has 0 saturated carbocycles. The van der Waals surface area contributed by atoms with Gasteiger partial charge in [-0.05, 0) is 36.4 Å². The Morgan fingerprint density at radius 2 is 1.96 bits per heavy atom. The van der Waals surface area contributed by atoms with Crippen molar-refractivity contribution in [1.82, 2.24) is 4.90 Å². The van der Waals surface area contributed by atoms with Crippen LogP contribution in [-0.2, 0) is 9.59 Å². The van der Waals surface area contributed by atoms with Crippen LogP contribution in [-0.4, -0.2) is 41.0 Å². The summed E-state index contributed by atoms with van der Waals surface area (Å²) in [6.45, 7) is 0.176. The van der Waals surface area contributed by atoms with Gasteiger partial charge in [0.2, 0.25) is 18.6 Å². The number of aliphatic imine (C=N–C) groups is 1. The van der Waals surface area contributed by atoms with Gasteiger partial charge in [-0.3, -0.25) is 14.5 Å². The summed E-state index contributed by atoms with van der Waals surface area (Å²) in [5.41, 5.74) is 1.24. The average Bonchev–Trinajstić information content (AvgIpc) is 3.15. The van der Waals surface area contributed by atoms with Crippen molar-refractivity contribution in [3.05, 3.63) is 47.5 Å². The van der Waals surface area contributed by atoms with E-state index in [1.54, 1.807) is 49.5 Å². The first-order chi connectivity index (χ1) is 13.5. The second kappa shape index (κ2) is 7.73. The SMILES string of the molecule is CN1C(=O)CC(C(=O)Nc2ccc(Cl)cc2)SC1=Nc1ccc2c(c1)OCO2. The molecule has 2 aromatic carbocycles. The van der Waals surface area contributed by atoms with Gasteiger partial charge in [-0.2, -0.15) is 0 Å². The molecule has 2 heterocycles. The Morgan fingerprint density at radius 1 is 1.21 bits per heavy atom. The molecule has 28 heavy (non-hydrogen) atoms. The van der Waals surface area contributed by atoms with Gasteiger partial charge in [-0.25, -0.2) is 4.99 Å². The highest BCUT2D eigenvalue weighted by Crippen LogP contribution is 2.36. The summed E-state index contributed by atoms with van der Waals surface area (Å²) in [5.74, 6) is 0.834. The van der Waals surface area contributed by atoms with E-state index >= 15 is 0 Å². The molecular formula is C19H16ClN3O4S. The molecule has 0 radical (unpaired) electrons. The van der Waals surface area contributed by atoms with Crippen molar-refractivity contribution in [3.8, 4) is 11.5 Å². The molecule has 2 aliphatic rings. The average molecular weight is 418 g/mol. The molecule has 2 aliphatic heterocycles. The zero-order chi connectivity index (χ0) is 19.7. The third-order valence-electron chi connectivity index (χ3n) is 4.25.